The van der Waals surface area contributed by atoms with Crippen LogP contribution >= 0.6 is 0 Å². The number of nitrogens with two attached hydrogens (primary N) is 3. The maximum Gasteiger partial charge on any atom is 0.399 e. The van der Waals surface area contributed by atoms with E-state index in [0.29, 0.717) is 5.69 Å². The van der Waals surface area contributed by atoms with Crippen LogP contribution in [0.3, 0.4) is 0 Å². The lowest BCUT2D eigenvalue weighted by Gasteiger charge is -2.11. The summed E-state index contributed by atoms with van der Waals surface area (Å²) in [6, 6.07) is 9.78. The van der Waals surface area contributed by atoms with Gasteiger partial charge in [0.25, 0.3) is 30.2 Å². The summed E-state index contributed by atoms with van der Waals surface area (Å²) in [4.78, 5) is 36.5. The highest BCUT2D eigenvalue weighted by Crippen LogP contribution is 2.26. The topological polar surface area (TPSA) is 504 Å². The second-order valence-electron chi connectivity index (χ2n) is 13.4. The van der Waals surface area contributed by atoms with Gasteiger partial charge in [0.2, 0.25) is 6.29 Å². The third-order valence-electron chi connectivity index (χ3n) is 8.79. The molecular weight excluding hydrogens is 925 g/mol. The molecule has 3 amide bonds. The van der Waals surface area contributed by atoms with E-state index in [1.54, 1.807) is 49.8 Å². The molecule has 3 aliphatic heterocycles. The Hall–Kier alpha value is -4.88. The molecule has 0 aromatic carbocycles. The zero-order chi connectivity index (χ0) is 49.6. The summed E-state index contributed by atoms with van der Waals surface area (Å²) >= 11 is 0. The average Bonchev–Trinajstić information content (AvgIpc) is 3.80. The number of amides is 3. The number of aryl methyl sites for hydroxylation is 1. The van der Waals surface area contributed by atoms with E-state index in [1.807, 2.05) is 0 Å². The smallest absolute Gasteiger partial charge is 0.399 e. The highest BCUT2D eigenvalue weighted by molar-refractivity contribution is 7.81. The van der Waals surface area contributed by atoms with Crippen molar-refractivity contribution < 1.29 is 118 Å². The number of aromatic nitrogens is 3. The van der Waals surface area contributed by atoms with Crippen LogP contribution in [0.15, 0.2) is 67.4 Å². The van der Waals surface area contributed by atoms with E-state index in [1.165, 1.54) is 33.7 Å². The molecule has 3 aliphatic rings. The standard InChI is InChI=1S/2C11H14N2O5.C7H8N2O.C5H10O8S.H2O4S/c2*12-10(17)6-2-1-3-13(4-6)11-9(16)8(15)7(5-14)18-11;1-5-3-2-4-9-6(5)7(8)10;6-1-2-3(7)4(8)5(12-2)13-14(9,10)11;1-5(2,3)4/h2*1-4,7-9,11,14-16H,5H2,(H-,12,17);2-4H,1H3,(H2,8,10);2-8H,1H2,(H,9,10,11);(H2,1,2,3,4)/t2*7-,8-,9-,11-;;2-,3-,4-,5+;/m11.1./s1. The summed E-state index contributed by atoms with van der Waals surface area (Å²) in [5.74, 6) is -1.68. The van der Waals surface area contributed by atoms with Gasteiger partial charge in [-0.05, 0) is 30.7 Å². The highest BCUT2D eigenvalue weighted by atomic mass is 32.3. The molecule has 3 saturated heterocycles. The van der Waals surface area contributed by atoms with Crippen LogP contribution in [0, 0.1) is 6.92 Å². The quantitative estimate of drug-likeness (QED) is 0.0510. The van der Waals surface area contributed by atoms with Gasteiger partial charge in [0.15, 0.2) is 37.0 Å². The van der Waals surface area contributed by atoms with Crippen molar-refractivity contribution in [2.45, 2.75) is 80.6 Å². The average molecular weight is 973 g/mol. The van der Waals surface area contributed by atoms with Crippen LogP contribution in [0.1, 0.15) is 49.2 Å². The Labute approximate surface area is 368 Å². The minimum absolute atomic E-state index is 0.259. The summed E-state index contributed by atoms with van der Waals surface area (Å²) in [5, 5.41) is 83.7. The maximum atomic E-state index is 11.1. The molecule has 12 atom stereocenters. The van der Waals surface area contributed by atoms with Crippen LogP contribution in [0.5, 0.6) is 0 Å². The van der Waals surface area contributed by atoms with Crippen molar-refractivity contribution in [3.8, 4) is 0 Å². The summed E-state index contributed by atoms with van der Waals surface area (Å²) in [5.41, 5.74) is 17.0. The molecule has 3 aromatic heterocycles. The summed E-state index contributed by atoms with van der Waals surface area (Å²) in [6.07, 6.45) is -6.58. The first-order valence-corrected chi connectivity index (χ1v) is 20.9. The van der Waals surface area contributed by atoms with Crippen LogP contribution in [0.2, 0.25) is 0 Å². The predicted molar refractivity (Wildman–Crippen MR) is 205 cm³/mol. The van der Waals surface area contributed by atoms with Crippen molar-refractivity contribution in [1.82, 2.24) is 4.98 Å². The first kappa shape index (κ1) is 56.2. The fourth-order valence-electron chi connectivity index (χ4n) is 5.65. The lowest BCUT2D eigenvalue weighted by molar-refractivity contribution is -0.766. The van der Waals surface area contributed by atoms with E-state index in [4.69, 9.17) is 74.3 Å². The molecular formula is C34H48N6O23S2. The number of aliphatic hydroxyl groups is 9. The normalized spacial score (nSPS) is 28.1. The number of hydrogen-bond donors (Lipinski definition) is 13. The van der Waals surface area contributed by atoms with Crippen molar-refractivity contribution in [3.05, 3.63) is 89.8 Å². The molecule has 0 bridgehead atoms. The molecule has 0 radical (unpaired) electrons. The lowest BCUT2D eigenvalue weighted by atomic mass is 10.1. The van der Waals surface area contributed by atoms with Crippen molar-refractivity contribution in [2.24, 2.45) is 17.2 Å². The van der Waals surface area contributed by atoms with E-state index in [0.717, 1.165) is 5.56 Å². The molecule has 6 heterocycles. The Kier molecular flexibility index (Phi) is 21.8. The van der Waals surface area contributed by atoms with Crippen LogP contribution in [-0.4, -0.2) is 180 Å². The van der Waals surface area contributed by atoms with Gasteiger partial charge < -0.3 is 86.5 Å². The van der Waals surface area contributed by atoms with Crippen molar-refractivity contribution in [1.29, 1.82) is 0 Å². The SMILES string of the molecule is Cc1cccnc1C(N)=O.NC(=O)c1ccc[n+]([C@@H]2O[C@H](CO)[C@@H](O)[C@H]2O)c1.NC(=O)c1ccc[n+]([C@@H]2O[C@H](CO)[C@@H](O)[C@H]2O)c1.O=S(=O)(O)O[C@@H]1O[C@H](CO)[C@@H](O)[C@H]1O.O=S(=O)([O-])[O-]. The van der Waals surface area contributed by atoms with Crippen LogP contribution in [0.25, 0.3) is 0 Å². The summed E-state index contributed by atoms with van der Waals surface area (Å²) < 4.78 is 84.8. The van der Waals surface area contributed by atoms with Crippen molar-refractivity contribution in [3.63, 3.8) is 0 Å². The zero-order valence-electron chi connectivity index (χ0n) is 33.6. The molecule has 0 saturated carbocycles. The highest BCUT2D eigenvalue weighted by Gasteiger charge is 2.49. The molecule has 29 nitrogen and oxygen atoms in total. The summed E-state index contributed by atoms with van der Waals surface area (Å²) in [7, 11) is -9.94. The molecule has 0 aliphatic carbocycles. The van der Waals surface area contributed by atoms with Gasteiger partial charge in [0, 0.05) is 28.7 Å². The number of pyridine rings is 3. The van der Waals surface area contributed by atoms with E-state index in [2.05, 4.69) is 13.9 Å². The maximum absolute atomic E-state index is 11.1. The zero-order valence-corrected chi connectivity index (χ0v) is 35.2. The second kappa shape index (κ2) is 25.1. The molecule has 0 spiro atoms. The molecule has 3 fully saturated rings. The Morgan fingerprint density at radius 3 is 1.34 bits per heavy atom. The largest absolute Gasteiger partial charge is 0.759 e. The van der Waals surface area contributed by atoms with E-state index in [-0.39, 0.29) is 11.1 Å². The minimum atomic E-state index is -5.17. The molecule has 16 N–H and O–H groups in total. The van der Waals surface area contributed by atoms with Gasteiger partial charge >= 0.3 is 10.4 Å². The second-order valence-corrected chi connectivity index (χ2v) is 15.3. The molecule has 0 unspecified atom stereocenters. The third kappa shape index (κ3) is 17.5. The van der Waals surface area contributed by atoms with E-state index < -0.39 is 132 Å². The first-order chi connectivity index (χ1) is 30.1. The molecule has 31 heteroatoms. The molecule has 364 valence electrons. The monoisotopic (exact) mass is 972 g/mol. The molecule has 65 heavy (non-hydrogen) atoms. The Morgan fingerprint density at radius 1 is 0.662 bits per heavy atom. The van der Waals surface area contributed by atoms with Gasteiger partial charge in [-0.15, -0.1) is 0 Å². The van der Waals surface area contributed by atoms with Gasteiger partial charge in [-0.3, -0.25) is 32.3 Å². The number of aliphatic hydroxyl groups excluding tert-OH is 9. The molecule has 6 rings (SSSR count). The number of hydrogen-bond acceptors (Lipinski definition) is 23. The van der Waals surface area contributed by atoms with Gasteiger partial charge in [0.05, 0.1) is 19.8 Å². The fraction of sp³-hybridized carbons (Fsp3) is 0.471. The molecule has 3 aromatic rings. The van der Waals surface area contributed by atoms with Crippen molar-refractivity contribution >= 4 is 38.5 Å². The van der Waals surface area contributed by atoms with Crippen LogP contribution in [0.4, 0.5) is 0 Å². The Morgan fingerprint density at radius 2 is 1.05 bits per heavy atom. The van der Waals surface area contributed by atoms with Gasteiger partial charge in [-0.25, -0.2) is 4.18 Å². The van der Waals surface area contributed by atoms with Gasteiger partial charge in [0.1, 0.15) is 59.5 Å². The van der Waals surface area contributed by atoms with Crippen LogP contribution < -0.4 is 26.3 Å². The van der Waals surface area contributed by atoms with E-state index >= 15 is 0 Å². The number of rotatable bonds is 10. The number of ether oxygens (including phenoxy) is 3. The minimum Gasteiger partial charge on any atom is -0.759 e. The van der Waals surface area contributed by atoms with Gasteiger partial charge in [-0.1, -0.05) is 6.07 Å². The Bertz CT molecular complexity index is 2170. The number of primary amides is 3. The van der Waals surface area contributed by atoms with Crippen LogP contribution in [-0.2, 0) is 39.2 Å². The summed E-state index contributed by atoms with van der Waals surface area (Å²) in [6.45, 7) is 0.395. The van der Waals surface area contributed by atoms with Gasteiger partial charge in [-0.2, -0.15) is 17.6 Å². The third-order valence-corrected chi connectivity index (χ3v) is 9.23. The number of nitrogens with zero attached hydrogens (tertiary/aromatic N) is 3. The first-order valence-electron chi connectivity index (χ1n) is 18.2. The Balaban J connectivity index is 0.000000293. The fourth-order valence-corrected chi connectivity index (χ4v) is 6.05. The van der Waals surface area contributed by atoms with E-state index in [9.17, 15) is 43.2 Å². The number of carbonyl (C=O) groups is 3. The lowest BCUT2D eigenvalue weighted by Crippen LogP contribution is -2.46. The van der Waals surface area contributed by atoms with Crippen molar-refractivity contribution in [2.75, 3.05) is 19.8 Å². The predicted octanol–water partition coefficient (Wildman–Crippen LogP) is -8.24. The number of carbonyl (C=O) groups excluding carboxylic acids is 3.